The SMILES string of the molecule is CN(C)S(=O)(=O)c1cccc(Cn2cc(C(C)(C)C)nn2)c1. The van der Waals surface area contributed by atoms with E-state index in [0.717, 1.165) is 11.3 Å². The van der Waals surface area contributed by atoms with Crippen molar-refractivity contribution < 1.29 is 8.42 Å². The lowest BCUT2D eigenvalue weighted by atomic mass is 9.93. The van der Waals surface area contributed by atoms with Gasteiger partial charge < -0.3 is 0 Å². The molecule has 1 heterocycles. The Balaban J connectivity index is 2.27. The monoisotopic (exact) mass is 322 g/mol. The van der Waals surface area contributed by atoms with Crippen LogP contribution in [0.25, 0.3) is 0 Å². The summed E-state index contributed by atoms with van der Waals surface area (Å²) in [7, 11) is -0.376. The predicted octanol–water partition coefficient (Wildman–Crippen LogP) is 1.87. The lowest BCUT2D eigenvalue weighted by Crippen LogP contribution is -2.22. The summed E-state index contributed by atoms with van der Waals surface area (Å²) in [6.45, 7) is 6.71. The number of sulfonamides is 1. The number of hydrogen-bond donors (Lipinski definition) is 0. The van der Waals surface area contributed by atoms with Gasteiger partial charge in [-0.25, -0.2) is 17.4 Å². The molecule has 0 N–H and O–H groups in total. The Hall–Kier alpha value is -1.73. The quantitative estimate of drug-likeness (QED) is 0.862. The molecule has 0 spiro atoms. The van der Waals surface area contributed by atoms with Gasteiger partial charge in [0.2, 0.25) is 10.0 Å². The molecular formula is C15H22N4O2S. The van der Waals surface area contributed by atoms with Gasteiger partial charge in [0, 0.05) is 25.7 Å². The van der Waals surface area contributed by atoms with Crippen molar-refractivity contribution in [2.75, 3.05) is 14.1 Å². The summed E-state index contributed by atoms with van der Waals surface area (Å²) in [4.78, 5) is 0.283. The molecule has 0 unspecified atom stereocenters. The van der Waals surface area contributed by atoms with E-state index in [0.29, 0.717) is 6.54 Å². The van der Waals surface area contributed by atoms with Crippen LogP contribution in [0.1, 0.15) is 32.0 Å². The summed E-state index contributed by atoms with van der Waals surface area (Å²) in [5.74, 6) is 0. The Kier molecular flexibility index (Phi) is 4.39. The number of aromatic nitrogens is 3. The van der Waals surface area contributed by atoms with Gasteiger partial charge in [-0.2, -0.15) is 0 Å². The number of nitrogens with zero attached hydrogens (tertiary/aromatic N) is 4. The molecule has 7 heteroatoms. The van der Waals surface area contributed by atoms with Crippen LogP contribution in [-0.4, -0.2) is 41.8 Å². The van der Waals surface area contributed by atoms with Crippen molar-refractivity contribution in [3.05, 3.63) is 41.7 Å². The second-order valence-corrected chi connectivity index (χ2v) is 8.64. The molecule has 0 amide bonds. The third-order valence-electron chi connectivity index (χ3n) is 3.33. The van der Waals surface area contributed by atoms with Crippen LogP contribution >= 0.6 is 0 Å². The third kappa shape index (κ3) is 3.53. The molecule has 2 rings (SSSR count). The zero-order valence-electron chi connectivity index (χ0n) is 13.6. The first-order valence-electron chi connectivity index (χ1n) is 7.03. The molecule has 0 aliphatic carbocycles. The van der Waals surface area contributed by atoms with Crippen LogP contribution < -0.4 is 0 Å². The molecule has 0 saturated carbocycles. The molecule has 1 aromatic carbocycles. The van der Waals surface area contributed by atoms with E-state index in [4.69, 9.17) is 0 Å². The van der Waals surface area contributed by atoms with Crippen LogP contribution in [0.2, 0.25) is 0 Å². The van der Waals surface area contributed by atoms with Crippen LogP contribution in [0, 0.1) is 0 Å². The van der Waals surface area contributed by atoms with Crippen LogP contribution in [0.3, 0.4) is 0 Å². The van der Waals surface area contributed by atoms with Crippen molar-refractivity contribution in [2.45, 2.75) is 37.6 Å². The highest BCUT2D eigenvalue weighted by molar-refractivity contribution is 7.89. The first-order chi connectivity index (χ1) is 10.1. The Labute approximate surface area is 131 Å². The summed E-state index contributed by atoms with van der Waals surface area (Å²) < 4.78 is 27.3. The first kappa shape index (κ1) is 16.6. The summed E-state index contributed by atoms with van der Waals surface area (Å²) in [5.41, 5.74) is 1.71. The fourth-order valence-electron chi connectivity index (χ4n) is 1.92. The zero-order chi connectivity index (χ0) is 16.5. The van der Waals surface area contributed by atoms with Crippen LogP contribution in [-0.2, 0) is 22.0 Å². The van der Waals surface area contributed by atoms with Gasteiger partial charge in [-0.3, -0.25) is 0 Å². The van der Waals surface area contributed by atoms with Crippen LogP contribution in [0.15, 0.2) is 35.4 Å². The molecule has 6 nitrogen and oxygen atoms in total. The van der Waals surface area contributed by atoms with Gasteiger partial charge in [0.15, 0.2) is 0 Å². The van der Waals surface area contributed by atoms with E-state index >= 15 is 0 Å². The fourth-order valence-corrected chi connectivity index (χ4v) is 2.89. The smallest absolute Gasteiger partial charge is 0.242 e. The van der Waals surface area contributed by atoms with Gasteiger partial charge in [-0.05, 0) is 17.7 Å². The molecule has 0 atom stereocenters. The van der Waals surface area contributed by atoms with Crippen LogP contribution in [0.5, 0.6) is 0 Å². The highest BCUT2D eigenvalue weighted by Crippen LogP contribution is 2.20. The second kappa shape index (κ2) is 5.81. The predicted molar refractivity (Wildman–Crippen MR) is 85.1 cm³/mol. The molecule has 22 heavy (non-hydrogen) atoms. The lowest BCUT2D eigenvalue weighted by Gasteiger charge is -2.13. The van der Waals surface area contributed by atoms with Gasteiger partial charge >= 0.3 is 0 Å². The molecule has 0 fully saturated rings. The van der Waals surface area contributed by atoms with E-state index in [9.17, 15) is 8.42 Å². The Morgan fingerprint density at radius 2 is 1.91 bits per heavy atom. The minimum atomic E-state index is -3.42. The molecule has 2 aromatic rings. The molecule has 1 aromatic heterocycles. The van der Waals surface area contributed by atoms with E-state index in [-0.39, 0.29) is 10.3 Å². The zero-order valence-corrected chi connectivity index (χ0v) is 14.4. The Morgan fingerprint density at radius 3 is 2.45 bits per heavy atom. The Morgan fingerprint density at radius 1 is 1.23 bits per heavy atom. The molecular weight excluding hydrogens is 300 g/mol. The van der Waals surface area contributed by atoms with Crippen molar-refractivity contribution in [2.24, 2.45) is 0 Å². The minimum absolute atomic E-state index is 0.0612. The Bertz CT molecular complexity index is 758. The summed E-state index contributed by atoms with van der Waals surface area (Å²) in [6.07, 6.45) is 1.90. The standard InChI is InChI=1S/C15H22N4O2S/c1-15(2,3)14-11-19(17-16-14)10-12-7-6-8-13(9-12)22(20,21)18(4)5/h6-9,11H,10H2,1-5H3. The van der Waals surface area contributed by atoms with Crippen molar-refractivity contribution in [1.29, 1.82) is 0 Å². The average molecular weight is 322 g/mol. The highest BCUT2D eigenvalue weighted by Gasteiger charge is 2.19. The molecule has 0 aliphatic rings. The minimum Gasteiger partial charge on any atom is -0.248 e. The number of rotatable bonds is 4. The maximum atomic E-state index is 12.2. The van der Waals surface area contributed by atoms with E-state index in [1.807, 2.05) is 12.3 Å². The van der Waals surface area contributed by atoms with E-state index in [1.54, 1.807) is 22.9 Å². The topological polar surface area (TPSA) is 68.1 Å². The highest BCUT2D eigenvalue weighted by atomic mass is 32.2. The van der Waals surface area contributed by atoms with Gasteiger partial charge in [-0.1, -0.05) is 38.1 Å². The van der Waals surface area contributed by atoms with Gasteiger partial charge in [-0.15, -0.1) is 5.10 Å². The lowest BCUT2D eigenvalue weighted by molar-refractivity contribution is 0.520. The second-order valence-electron chi connectivity index (χ2n) is 6.49. The first-order valence-corrected chi connectivity index (χ1v) is 8.47. The summed E-state index contributed by atoms with van der Waals surface area (Å²) >= 11 is 0. The maximum absolute atomic E-state index is 12.2. The molecule has 0 saturated heterocycles. The van der Waals surface area contributed by atoms with E-state index in [2.05, 4.69) is 31.1 Å². The summed E-state index contributed by atoms with van der Waals surface area (Å²) in [5, 5.41) is 8.28. The fraction of sp³-hybridized carbons (Fsp3) is 0.467. The average Bonchev–Trinajstić information content (AvgIpc) is 2.87. The largest absolute Gasteiger partial charge is 0.248 e. The van der Waals surface area contributed by atoms with E-state index in [1.165, 1.54) is 18.4 Å². The van der Waals surface area contributed by atoms with Crippen molar-refractivity contribution >= 4 is 10.0 Å². The van der Waals surface area contributed by atoms with Crippen molar-refractivity contribution in [1.82, 2.24) is 19.3 Å². The normalized spacial score (nSPS) is 12.8. The molecule has 120 valence electrons. The number of hydrogen-bond acceptors (Lipinski definition) is 4. The third-order valence-corrected chi connectivity index (χ3v) is 5.14. The molecule has 0 bridgehead atoms. The van der Waals surface area contributed by atoms with Gasteiger partial charge in [0.05, 0.1) is 17.1 Å². The summed E-state index contributed by atoms with van der Waals surface area (Å²) in [6, 6.07) is 6.90. The van der Waals surface area contributed by atoms with Gasteiger partial charge in [0.25, 0.3) is 0 Å². The molecule has 0 aliphatic heterocycles. The van der Waals surface area contributed by atoms with Crippen LogP contribution in [0.4, 0.5) is 0 Å². The van der Waals surface area contributed by atoms with E-state index < -0.39 is 10.0 Å². The van der Waals surface area contributed by atoms with Gasteiger partial charge in [0.1, 0.15) is 0 Å². The molecule has 0 radical (unpaired) electrons. The maximum Gasteiger partial charge on any atom is 0.242 e. The van der Waals surface area contributed by atoms with Crippen molar-refractivity contribution in [3.63, 3.8) is 0 Å². The van der Waals surface area contributed by atoms with Crippen molar-refractivity contribution in [3.8, 4) is 0 Å². The number of benzene rings is 1.